The van der Waals surface area contributed by atoms with Crippen LogP contribution in [0.2, 0.25) is 0 Å². The summed E-state index contributed by atoms with van der Waals surface area (Å²) in [4.78, 5) is 35.4. The van der Waals surface area contributed by atoms with E-state index in [-0.39, 0.29) is 26.1 Å². The summed E-state index contributed by atoms with van der Waals surface area (Å²) in [6, 6.07) is 0. The first-order chi connectivity index (χ1) is 32.0. The van der Waals surface area contributed by atoms with Crippen LogP contribution >= 0.6 is 7.82 Å². The lowest BCUT2D eigenvalue weighted by Gasteiger charge is -2.24. The molecule has 0 rings (SSSR count). The van der Waals surface area contributed by atoms with Gasteiger partial charge >= 0.3 is 19.8 Å². The molecule has 0 amide bonds. The summed E-state index contributed by atoms with van der Waals surface area (Å²) in [6.45, 7) is 4.07. The molecule has 9 nitrogen and oxygen atoms in total. The fourth-order valence-electron chi connectivity index (χ4n) is 6.43. The number of nitrogens with zero attached hydrogens (tertiary/aromatic N) is 1. The van der Waals surface area contributed by atoms with Crippen molar-refractivity contribution in [2.75, 3.05) is 47.5 Å². The van der Waals surface area contributed by atoms with E-state index in [0.29, 0.717) is 17.4 Å². The number of rotatable bonds is 45. The Bertz CT molecular complexity index is 1480. The maximum Gasteiger partial charge on any atom is 0.472 e. The van der Waals surface area contributed by atoms with E-state index in [9.17, 15) is 19.0 Å². The van der Waals surface area contributed by atoms with E-state index in [1.165, 1.54) is 77.0 Å². The summed E-state index contributed by atoms with van der Waals surface area (Å²) >= 11 is 0. The number of ether oxygens (including phenoxy) is 2. The van der Waals surface area contributed by atoms with Gasteiger partial charge in [0.05, 0.1) is 34.2 Å². The van der Waals surface area contributed by atoms with Gasteiger partial charge in [0.25, 0.3) is 0 Å². The first kappa shape index (κ1) is 62.7. The molecule has 1 N–H and O–H groups in total. The van der Waals surface area contributed by atoms with Gasteiger partial charge in [-0.15, -0.1) is 0 Å². The van der Waals surface area contributed by atoms with Gasteiger partial charge in [-0.2, -0.15) is 0 Å². The molecule has 0 spiro atoms. The van der Waals surface area contributed by atoms with Crippen LogP contribution in [0.3, 0.4) is 0 Å². The number of esters is 2. The van der Waals surface area contributed by atoms with Gasteiger partial charge in [0.15, 0.2) is 6.10 Å². The summed E-state index contributed by atoms with van der Waals surface area (Å²) < 4.78 is 34.3. The van der Waals surface area contributed by atoms with Gasteiger partial charge in [-0.1, -0.05) is 200 Å². The Morgan fingerprint density at radius 3 is 1.29 bits per heavy atom. The van der Waals surface area contributed by atoms with Gasteiger partial charge in [-0.3, -0.25) is 18.6 Å². The second kappa shape index (κ2) is 46.8. The number of quaternary nitrogens is 1. The Morgan fingerprint density at radius 2 is 0.864 bits per heavy atom. The first-order valence-corrected chi connectivity index (χ1v) is 27.1. The van der Waals surface area contributed by atoms with Crippen LogP contribution in [0.1, 0.15) is 181 Å². The number of hydrogen-bond donors (Lipinski definition) is 1. The molecule has 0 saturated heterocycles. The second-order valence-corrected chi connectivity index (χ2v) is 19.3. The van der Waals surface area contributed by atoms with Crippen molar-refractivity contribution >= 4 is 19.8 Å². The van der Waals surface area contributed by atoms with Crippen LogP contribution in [0.4, 0.5) is 0 Å². The smallest absolute Gasteiger partial charge is 0.462 e. The molecule has 2 atom stereocenters. The highest BCUT2D eigenvalue weighted by molar-refractivity contribution is 7.47. The summed E-state index contributed by atoms with van der Waals surface area (Å²) in [7, 11) is 1.41. The predicted octanol–water partition coefficient (Wildman–Crippen LogP) is 15.5. The highest BCUT2D eigenvalue weighted by atomic mass is 31.2. The third kappa shape index (κ3) is 50.1. The normalized spacial score (nSPS) is 14.3. The molecule has 0 aliphatic heterocycles. The van der Waals surface area contributed by atoms with Crippen molar-refractivity contribution < 1.29 is 42.1 Å². The molecule has 0 aliphatic rings. The standard InChI is InChI=1S/C56H94NO8P/c1-6-8-10-12-14-16-18-20-22-23-24-25-26-27-28-29-30-31-32-33-35-36-38-40-42-44-46-48-55(58)62-52-54(53-64-66(60,61)63-51-50-57(3,4)5)65-56(59)49-47-45-43-41-39-37-34-21-19-17-15-13-11-9-7-2/h8-11,14-17,20-22,24-25,34,39,41,45,47,54H,6-7,12-13,18-19,23,26-33,35-38,40,42-44,46,48-53H2,1-5H3/p+1/b10-8-,11-9-,16-14-,17-15-,22-20-,25-24-,34-21-,41-39-,47-45-. The van der Waals surface area contributed by atoms with E-state index in [1.54, 1.807) is 6.08 Å². The molecule has 0 aromatic carbocycles. The number of carbonyl (C=O) groups excluding carboxylic acids is 2. The SMILES string of the molecule is CC/C=C\C/C=C\C/C=C\C/C=C\C/C=C\CC(=O)OC(COC(=O)CCCCCCCCCCCCCCCC/C=C\C/C=C\C/C=C\C/C=C\CC)COP(=O)(O)OCC[N+](C)(C)C. The lowest BCUT2D eigenvalue weighted by atomic mass is 10.0. The van der Waals surface area contributed by atoms with Crippen molar-refractivity contribution in [3.63, 3.8) is 0 Å². The van der Waals surface area contributed by atoms with Gasteiger partial charge in [0, 0.05) is 6.42 Å². The molecule has 0 aromatic rings. The topological polar surface area (TPSA) is 108 Å². The van der Waals surface area contributed by atoms with Crippen molar-refractivity contribution in [2.45, 2.75) is 187 Å². The van der Waals surface area contributed by atoms with Crippen LogP contribution in [0, 0.1) is 0 Å². The molecule has 0 heterocycles. The largest absolute Gasteiger partial charge is 0.472 e. The van der Waals surface area contributed by atoms with Gasteiger partial charge < -0.3 is 18.9 Å². The van der Waals surface area contributed by atoms with Crippen molar-refractivity contribution in [2.24, 2.45) is 0 Å². The van der Waals surface area contributed by atoms with Gasteiger partial charge in [-0.05, 0) is 77.0 Å². The number of carbonyl (C=O) groups is 2. The third-order valence-corrected chi connectivity index (χ3v) is 11.3. The lowest BCUT2D eigenvalue weighted by Crippen LogP contribution is -2.37. The van der Waals surface area contributed by atoms with Crippen molar-refractivity contribution in [3.8, 4) is 0 Å². The molecule has 0 radical (unpaired) electrons. The minimum atomic E-state index is -4.41. The monoisotopic (exact) mass is 941 g/mol. The second-order valence-electron chi connectivity index (χ2n) is 17.8. The quantitative estimate of drug-likeness (QED) is 0.0211. The van der Waals surface area contributed by atoms with E-state index in [4.69, 9.17) is 18.5 Å². The Morgan fingerprint density at radius 1 is 0.485 bits per heavy atom. The highest BCUT2D eigenvalue weighted by Crippen LogP contribution is 2.43. The number of phosphoric acid groups is 1. The molecule has 0 bridgehead atoms. The Labute approximate surface area is 404 Å². The van der Waals surface area contributed by atoms with Crippen LogP contribution in [-0.4, -0.2) is 74.9 Å². The number of likely N-dealkylation sites (N-methyl/N-ethyl adjacent to an activating group) is 1. The van der Waals surface area contributed by atoms with Crippen LogP contribution in [0.5, 0.6) is 0 Å². The maximum atomic E-state index is 12.7. The van der Waals surface area contributed by atoms with E-state index >= 15 is 0 Å². The molecule has 0 saturated carbocycles. The number of phosphoric ester groups is 1. The van der Waals surface area contributed by atoms with Crippen LogP contribution in [0.15, 0.2) is 109 Å². The van der Waals surface area contributed by atoms with E-state index in [1.807, 2.05) is 33.3 Å². The molecule has 376 valence electrons. The minimum absolute atomic E-state index is 0.00334. The molecule has 66 heavy (non-hydrogen) atoms. The fraction of sp³-hybridized carbons (Fsp3) is 0.643. The summed E-state index contributed by atoms with van der Waals surface area (Å²) in [6.07, 6.45) is 64.7. The van der Waals surface area contributed by atoms with Crippen molar-refractivity contribution in [1.29, 1.82) is 0 Å². The average Bonchev–Trinajstić information content (AvgIpc) is 3.27. The molecular weight excluding hydrogens is 846 g/mol. The number of allylic oxidation sites excluding steroid dienone is 17. The summed E-state index contributed by atoms with van der Waals surface area (Å²) in [5, 5.41) is 0. The Balaban J connectivity index is 4.25. The van der Waals surface area contributed by atoms with Crippen LogP contribution in [0.25, 0.3) is 0 Å². The predicted molar refractivity (Wildman–Crippen MR) is 279 cm³/mol. The number of unbranched alkanes of at least 4 members (excludes halogenated alkanes) is 14. The lowest BCUT2D eigenvalue weighted by molar-refractivity contribution is -0.870. The van der Waals surface area contributed by atoms with E-state index in [0.717, 1.165) is 70.6 Å². The van der Waals surface area contributed by atoms with Crippen LogP contribution in [-0.2, 0) is 32.7 Å². The fourth-order valence-corrected chi connectivity index (χ4v) is 7.18. The third-order valence-electron chi connectivity index (χ3n) is 10.3. The minimum Gasteiger partial charge on any atom is -0.462 e. The zero-order chi connectivity index (χ0) is 48.5. The van der Waals surface area contributed by atoms with Gasteiger partial charge in [-0.25, -0.2) is 4.57 Å². The maximum absolute atomic E-state index is 12.7. The van der Waals surface area contributed by atoms with Gasteiger partial charge in [0.2, 0.25) is 0 Å². The van der Waals surface area contributed by atoms with Crippen molar-refractivity contribution in [1.82, 2.24) is 0 Å². The number of hydrogen-bond acceptors (Lipinski definition) is 7. The molecule has 0 fully saturated rings. The van der Waals surface area contributed by atoms with E-state index in [2.05, 4.69) is 105 Å². The first-order valence-electron chi connectivity index (χ1n) is 25.6. The molecule has 0 aliphatic carbocycles. The van der Waals surface area contributed by atoms with Gasteiger partial charge in [0.1, 0.15) is 19.8 Å². The Hall–Kier alpha value is -3.33. The molecule has 2 unspecified atom stereocenters. The summed E-state index contributed by atoms with van der Waals surface area (Å²) in [5.74, 6) is -0.953. The zero-order valence-electron chi connectivity index (χ0n) is 42.4. The van der Waals surface area contributed by atoms with Crippen LogP contribution < -0.4 is 0 Å². The molecule has 10 heteroatoms. The van der Waals surface area contributed by atoms with E-state index < -0.39 is 32.5 Å². The molecular formula is C56H95NO8P+. The zero-order valence-corrected chi connectivity index (χ0v) is 43.3. The summed E-state index contributed by atoms with van der Waals surface area (Å²) in [5.41, 5.74) is 0. The average molecular weight is 941 g/mol. The Kier molecular flexibility index (Phi) is 44.4. The highest BCUT2D eigenvalue weighted by Gasteiger charge is 2.27. The van der Waals surface area contributed by atoms with Crippen molar-refractivity contribution in [3.05, 3.63) is 109 Å². The molecule has 0 aromatic heterocycles.